The number of piperazine rings is 1. The van der Waals surface area contributed by atoms with Crippen molar-refractivity contribution in [3.8, 4) is 0 Å². The van der Waals surface area contributed by atoms with Crippen molar-refractivity contribution < 1.29 is 8.42 Å². The summed E-state index contributed by atoms with van der Waals surface area (Å²) in [6.45, 7) is 3.93. The first-order valence-corrected chi connectivity index (χ1v) is 9.47. The first-order valence-electron chi connectivity index (χ1n) is 8.03. The summed E-state index contributed by atoms with van der Waals surface area (Å²) in [5.74, 6) is 0. The molecule has 0 atom stereocenters. The van der Waals surface area contributed by atoms with Crippen LogP contribution in [0.5, 0.6) is 0 Å². The summed E-state index contributed by atoms with van der Waals surface area (Å²) in [4.78, 5) is 11.0. The first-order chi connectivity index (χ1) is 12.0. The monoisotopic (exact) mass is 360 g/mol. The number of hydrogen-bond acceptors (Lipinski definition) is 6. The number of benzene rings is 2. The van der Waals surface area contributed by atoms with Crippen LogP contribution >= 0.6 is 0 Å². The van der Waals surface area contributed by atoms with E-state index >= 15 is 0 Å². The lowest BCUT2D eigenvalue weighted by Crippen LogP contribution is -2.46. The molecule has 0 spiro atoms. The van der Waals surface area contributed by atoms with Crippen LogP contribution in [0.25, 0.3) is 0 Å². The maximum Gasteiger partial charge on any atom is 0.245 e. The Bertz CT molecular complexity index is 877. The van der Waals surface area contributed by atoms with Crippen molar-refractivity contribution in [2.75, 3.05) is 31.5 Å². The Morgan fingerprint density at radius 3 is 2.48 bits per heavy atom. The summed E-state index contributed by atoms with van der Waals surface area (Å²) in [6, 6.07) is 12.0. The van der Waals surface area contributed by atoms with Crippen molar-refractivity contribution in [1.29, 1.82) is 0 Å². The topological polar surface area (TPSA) is 90.9 Å². The highest BCUT2D eigenvalue weighted by molar-refractivity contribution is 7.89. The normalized spacial score (nSPS) is 15.7. The molecule has 0 bridgehead atoms. The predicted octanol–water partition coefficient (Wildman–Crippen LogP) is 2.73. The molecule has 7 nitrogen and oxygen atoms in total. The number of anilines is 2. The molecule has 2 aromatic carbocycles. The van der Waals surface area contributed by atoms with Gasteiger partial charge in [-0.15, -0.1) is 4.91 Å². The summed E-state index contributed by atoms with van der Waals surface area (Å²) in [5.41, 5.74) is 2.32. The molecule has 2 N–H and O–H groups in total. The van der Waals surface area contributed by atoms with Gasteiger partial charge in [0.15, 0.2) is 0 Å². The zero-order chi connectivity index (χ0) is 17.9. The van der Waals surface area contributed by atoms with Crippen LogP contribution in [0, 0.1) is 11.8 Å². The van der Waals surface area contributed by atoms with E-state index in [1.807, 2.05) is 31.2 Å². The average Bonchev–Trinajstić information content (AvgIpc) is 2.64. The van der Waals surface area contributed by atoms with Crippen LogP contribution in [-0.2, 0) is 10.0 Å². The van der Waals surface area contributed by atoms with Gasteiger partial charge in [-0.25, -0.2) is 8.42 Å². The van der Waals surface area contributed by atoms with Crippen LogP contribution in [0.15, 0.2) is 52.5 Å². The van der Waals surface area contributed by atoms with E-state index in [4.69, 9.17) is 0 Å². The Labute approximate surface area is 147 Å². The fourth-order valence-corrected chi connectivity index (χ4v) is 4.37. The van der Waals surface area contributed by atoms with E-state index in [-0.39, 0.29) is 10.6 Å². The van der Waals surface area contributed by atoms with Crippen molar-refractivity contribution in [3.63, 3.8) is 0 Å². The van der Waals surface area contributed by atoms with E-state index in [2.05, 4.69) is 15.8 Å². The largest absolute Gasteiger partial charge is 0.354 e. The number of nitroso groups, excluding NO2 is 1. The number of sulfonamides is 1. The number of hydrogen-bond donors (Lipinski definition) is 2. The number of para-hydroxylation sites is 1. The molecule has 1 aliphatic rings. The lowest BCUT2D eigenvalue weighted by atomic mass is 10.2. The van der Waals surface area contributed by atoms with Gasteiger partial charge in [0.2, 0.25) is 10.0 Å². The van der Waals surface area contributed by atoms with Crippen molar-refractivity contribution >= 4 is 27.1 Å². The summed E-state index contributed by atoms with van der Waals surface area (Å²) in [5, 5.41) is 9.19. The molecule has 0 aliphatic carbocycles. The number of rotatable bonds is 5. The maximum absolute atomic E-state index is 13.1. The van der Waals surface area contributed by atoms with Crippen molar-refractivity contribution in [3.05, 3.63) is 52.9 Å². The minimum atomic E-state index is -3.73. The Hall–Kier alpha value is -2.29. The summed E-state index contributed by atoms with van der Waals surface area (Å²) in [7, 11) is -3.73. The zero-order valence-corrected chi connectivity index (χ0v) is 14.7. The van der Waals surface area contributed by atoms with Gasteiger partial charge in [0.05, 0.1) is 5.69 Å². The summed E-state index contributed by atoms with van der Waals surface area (Å²) < 4.78 is 27.6. The standard InChI is InChI=1S/C17H20N4O3S/c1-13-4-2-3-5-15(13)19-16-7-6-14(20-22)12-17(16)25(23,24)21-10-8-18-9-11-21/h2-7,12,18-19H,8-11H2,1H3. The van der Waals surface area contributed by atoms with E-state index in [9.17, 15) is 13.3 Å². The van der Waals surface area contributed by atoms with Gasteiger partial charge in [0, 0.05) is 31.9 Å². The van der Waals surface area contributed by atoms with Gasteiger partial charge in [0.25, 0.3) is 0 Å². The molecular formula is C17H20N4O3S. The van der Waals surface area contributed by atoms with Crippen LogP contribution in [0.3, 0.4) is 0 Å². The van der Waals surface area contributed by atoms with Crippen LogP contribution in [-0.4, -0.2) is 38.9 Å². The van der Waals surface area contributed by atoms with Crippen molar-refractivity contribution in [2.45, 2.75) is 11.8 Å². The fourth-order valence-electron chi connectivity index (χ4n) is 2.77. The van der Waals surface area contributed by atoms with Gasteiger partial charge in [-0.3, -0.25) is 0 Å². The fraction of sp³-hybridized carbons (Fsp3) is 0.294. The molecule has 1 saturated heterocycles. The highest BCUT2D eigenvalue weighted by Crippen LogP contribution is 2.32. The number of nitrogens with zero attached hydrogens (tertiary/aromatic N) is 2. The number of nitrogens with one attached hydrogen (secondary N) is 2. The Kier molecular flexibility index (Phi) is 5.12. The van der Waals surface area contributed by atoms with Gasteiger partial charge in [-0.1, -0.05) is 18.2 Å². The highest BCUT2D eigenvalue weighted by atomic mass is 32.2. The van der Waals surface area contributed by atoms with E-state index < -0.39 is 10.0 Å². The maximum atomic E-state index is 13.1. The molecule has 1 heterocycles. The Balaban J connectivity index is 2.04. The lowest BCUT2D eigenvalue weighted by molar-refractivity contribution is 0.360. The molecule has 1 aliphatic heterocycles. The van der Waals surface area contributed by atoms with Crippen LogP contribution in [0.2, 0.25) is 0 Å². The first kappa shape index (κ1) is 17.5. The molecule has 25 heavy (non-hydrogen) atoms. The molecule has 0 radical (unpaired) electrons. The summed E-state index contributed by atoms with van der Waals surface area (Å²) >= 11 is 0. The van der Waals surface area contributed by atoms with Crippen LogP contribution < -0.4 is 10.6 Å². The molecule has 3 rings (SSSR count). The van der Waals surface area contributed by atoms with E-state index in [1.165, 1.54) is 16.4 Å². The molecule has 0 saturated carbocycles. The smallest absolute Gasteiger partial charge is 0.245 e. The minimum Gasteiger partial charge on any atom is -0.354 e. The van der Waals surface area contributed by atoms with E-state index in [0.717, 1.165) is 11.3 Å². The molecule has 0 aromatic heterocycles. The molecular weight excluding hydrogens is 340 g/mol. The molecule has 132 valence electrons. The Morgan fingerprint density at radius 1 is 1.08 bits per heavy atom. The van der Waals surface area contributed by atoms with Gasteiger partial charge in [-0.2, -0.15) is 4.31 Å². The highest BCUT2D eigenvalue weighted by Gasteiger charge is 2.29. The summed E-state index contributed by atoms with van der Waals surface area (Å²) in [6.07, 6.45) is 0. The van der Waals surface area contributed by atoms with Gasteiger partial charge in [0.1, 0.15) is 10.6 Å². The van der Waals surface area contributed by atoms with Crippen LogP contribution in [0.1, 0.15) is 5.56 Å². The second kappa shape index (κ2) is 7.30. The lowest BCUT2D eigenvalue weighted by Gasteiger charge is -2.27. The third-order valence-electron chi connectivity index (χ3n) is 4.18. The van der Waals surface area contributed by atoms with Crippen molar-refractivity contribution in [1.82, 2.24) is 9.62 Å². The molecule has 0 amide bonds. The van der Waals surface area contributed by atoms with Crippen LogP contribution in [0.4, 0.5) is 17.1 Å². The molecule has 1 fully saturated rings. The number of aryl methyl sites for hydroxylation is 1. The van der Waals surface area contributed by atoms with Gasteiger partial charge < -0.3 is 10.6 Å². The second-order valence-electron chi connectivity index (χ2n) is 5.87. The van der Waals surface area contributed by atoms with Gasteiger partial charge >= 0.3 is 0 Å². The SMILES string of the molecule is Cc1ccccc1Nc1ccc(N=O)cc1S(=O)(=O)N1CCNCC1. The third kappa shape index (κ3) is 3.71. The zero-order valence-electron chi connectivity index (χ0n) is 13.9. The Morgan fingerprint density at radius 2 is 1.80 bits per heavy atom. The average molecular weight is 360 g/mol. The molecule has 0 unspecified atom stereocenters. The van der Waals surface area contributed by atoms with Crippen molar-refractivity contribution in [2.24, 2.45) is 5.18 Å². The van der Waals surface area contributed by atoms with Gasteiger partial charge in [-0.05, 0) is 41.9 Å². The second-order valence-corrected chi connectivity index (χ2v) is 7.77. The quantitative estimate of drug-likeness (QED) is 0.800. The molecule has 2 aromatic rings. The van der Waals surface area contributed by atoms with E-state index in [0.29, 0.717) is 31.9 Å². The third-order valence-corrected chi connectivity index (χ3v) is 6.12. The van der Waals surface area contributed by atoms with E-state index in [1.54, 1.807) is 6.07 Å². The minimum absolute atomic E-state index is 0.0646. The predicted molar refractivity (Wildman–Crippen MR) is 98.0 cm³/mol. The molecule has 8 heteroatoms.